The van der Waals surface area contributed by atoms with Gasteiger partial charge in [-0.25, -0.2) is 0 Å². The molecule has 1 aliphatic heterocycles. The molecule has 6 atom stereocenters. The molecule has 0 radical (unpaired) electrons. The molecule has 0 aromatic heterocycles. The lowest BCUT2D eigenvalue weighted by Crippen LogP contribution is -2.15. The van der Waals surface area contributed by atoms with Crippen molar-refractivity contribution in [2.45, 2.75) is 51.4 Å². The Hall–Kier alpha value is -2.10. The standard InChI is InChI=1S/C46H50P6/c1-2-4-6-26-40-48(42-29-15-8-16-30-42)50(44-33-19-10-20-34-44)52(46-37-23-12-24-38-46)51(45-35-21-11-22-36-45)49(43-31-17-9-18-32-43)47(39-25-5-3-1)41-27-13-7-14-28-41/h7-24,27-38H,1-6,25-26,39-40H2. The van der Waals surface area contributed by atoms with Gasteiger partial charge >= 0.3 is 0 Å². The molecular weight excluding hydrogens is 738 g/mol. The van der Waals surface area contributed by atoms with E-state index in [0.717, 1.165) is 0 Å². The Morgan fingerprint density at radius 3 is 0.692 bits per heavy atom. The molecule has 0 bridgehead atoms. The van der Waals surface area contributed by atoms with Crippen molar-refractivity contribution in [1.82, 2.24) is 0 Å². The number of rotatable bonds is 6. The fourth-order valence-corrected chi connectivity index (χ4v) is 62.7. The monoisotopic (exact) mass is 788 g/mol. The Kier molecular flexibility index (Phi) is 15.1. The van der Waals surface area contributed by atoms with Crippen molar-refractivity contribution in [1.29, 1.82) is 0 Å². The van der Waals surface area contributed by atoms with Gasteiger partial charge in [0.2, 0.25) is 0 Å². The van der Waals surface area contributed by atoms with Crippen LogP contribution < -0.4 is 31.8 Å². The van der Waals surface area contributed by atoms with Gasteiger partial charge in [0.1, 0.15) is 0 Å². The van der Waals surface area contributed by atoms with Crippen LogP contribution in [0.5, 0.6) is 0 Å². The van der Waals surface area contributed by atoms with Gasteiger partial charge in [-0.2, -0.15) is 0 Å². The van der Waals surface area contributed by atoms with E-state index in [1.165, 1.54) is 63.7 Å². The van der Waals surface area contributed by atoms with E-state index >= 15 is 0 Å². The number of hydrogen-bond donors (Lipinski definition) is 0. The summed E-state index contributed by atoms with van der Waals surface area (Å²) < 4.78 is 0. The highest BCUT2D eigenvalue weighted by Gasteiger charge is 2.44. The normalized spacial score (nSPS) is 23.8. The predicted octanol–water partition coefficient (Wildman–Crippen LogP) is 13.5. The SMILES string of the molecule is c1ccc(P2CCCCCCCCCCP(c3ccccc3)P(c3ccccc3)P(c3ccccc3)P(c3ccccc3)P2c2ccccc2)cc1. The lowest BCUT2D eigenvalue weighted by atomic mass is 10.1. The molecule has 0 spiro atoms. The first-order valence-corrected chi connectivity index (χ1v) is 30.9. The molecule has 264 valence electrons. The van der Waals surface area contributed by atoms with Crippen LogP contribution in [0.15, 0.2) is 182 Å². The van der Waals surface area contributed by atoms with E-state index in [2.05, 4.69) is 182 Å². The van der Waals surface area contributed by atoms with Gasteiger partial charge in [-0.1, -0.05) is 221 Å². The van der Waals surface area contributed by atoms with Gasteiger partial charge in [-0.15, -0.1) is 0 Å². The van der Waals surface area contributed by atoms with Crippen molar-refractivity contribution >= 4 is 76.2 Å². The first-order valence-electron chi connectivity index (χ1n) is 18.9. The zero-order valence-corrected chi connectivity index (χ0v) is 35.4. The smallest absolute Gasteiger partial charge is 0.00600 e. The summed E-state index contributed by atoms with van der Waals surface area (Å²) in [5, 5.41) is 9.65. The molecule has 52 heavy (non-hydrogen) atoms. The summed E-state index contributed by atoms with van der Waals surface area (Å²) in [4.78, 5) is 0. The molecule has 0 amide bonds. The molecule has 0 aliphatic carbocycles. The first-order chi connectivity index (χ1) is 25.9. The molecule has 0 N–H and O–H groups in total. The van der Waals surface area contributed by atoms with E-state index in [4.69, 9.17) is 0 Å². The summed E-state index contributed by atoms with van der Waals surface area (Å²) in [7, 11) is -3.18. The summed E-state index contributed by atoms with van der Waals surface area (Å²) in [5.74, 6) is 0. The number of hydrogen-bond acceptors (Lipinski definition) is 0. The third-order valence-corrected chi connectivity index (χ3v) is 49.3. The number of benzene rings is 6. The van der Waals surface area contributed by atoms with E-state index in [9.17, 15) is 0 Å². The molecule has 0 saturated carbocycles. The predicted molar refractivity (Wildman–Crippen MR) is 245 cm³/mol. The first kappa shape index (κ1) is 38.2. The van der Waals surface area contributed by atoms with Crippen LogP contribution in [0.25, 0.3) is 0 Å². The van der Waals surface area contributed by atoms with Crippen LogP contribution in [0.2, 0.25) is 0 Å². The average Bonchev–Trinajstić information content (AvgIpc) is 3.22. The third-order valence-electron chi connectivity index (χ3n) is 9.54. The van der Waals surface area contributed by atoms with E-state index in [1.54, 1.807) is 31.8 Å². The molecular formula is C46H50P6. The largest absolute Gasteiger partial charge is 0.0622 e. The zero-order valence-electron chi connectivity index (χ0n) is 30.1. The summed E-state index contributed by atoms with van der Waals surface area (Å²) in [5.41, 5.74) is 0. The fourth-order valence-electron chi connectivity index (χ4n) is 7.00. The minimum Gasteiger partial charge on any atom is -0.0622 e. The van der Waals surface area contributed by atoms with Crippen molar-refractivity contribution in [2.75, 3.05) is 12.3 Å². The highest BCUT2D eigenvalue weighted by Crippen LogP contribution is 3.05. The summed E-state index contributed by atoms with van der Waals surface area (Å²) in [6.07, 6.45) is 13.5. The van der Waals surface area contributed by atoms with Gasteiger partial charge in [0.05, 0.1) is 0 Å². The lowest BCUT2D eigenvalue weighted by Gasteiger charge is -2.45. The van der Waals surface area contributed by atoms with Gasteiger partial charge in [0, 0.05) is 0 Å². The van der Waals surface area contributed by atoms with Crippen molar-refractivity contribution in [2.24, 2.45) is 0 Å². The molecule has 6 unspecified atom stereocenters. The molecule has 6 heteroatoms. The molecule has 6 aromatic rings. The maximum atomic E-state index is 2.53. The minimum atomic E-state index is -0.606. The van der Waals surface area contributed by atoms with Crippen LogP contribution >= 0.6 is 44.4 Å². The van der Waals surface area contributed by atoms with Crippen molar-refractivity contribution in [3.63, 3.8) is 0 Å². The topological polar surface area (TPSA) is 0 Å². The highest BCUT2D eigenvalue weighted by molar-refractivity contribution is 8.96. The van der Waals surface area contributed by atoms with Gasteiger partial charge in [0.15, 0.2) is 0 Å². The third kappa shape index (κ3) is 9.95. The molecule has 7 rings (SSSR count). The Morgan fingerprint density at radius 1 is 0.212 bits per heavy atom. The zero-order chi connectivity index (χ0) is 35.2. The average molecular weight is 789 g/mol. The molecule has 1 saturated heterocycles. The summed E-state index contributed by atoms with van der Waals surface area (Å²) in [6.45, 7) is 0. The Bertz CT molecular complexity index is 1720. The van der Waals surface area contributed by atoms with Crippen LogP contribution in [0.3, 0.4) is 0 Å². The maximum Gasteiger partial charge on any atom is -0.00600 e. The fraction of sp³-hybridized carbons (Fsp3) is 0.217. The van der Waals surface area contributed by atoms with Crippen LogP contribution in [-0.4, -0.2) is 12.3 Å². The van der Waals surface area contributed by atoms with Gasteiger partial charge < -0.3 is 0 Å². The van der Waals surface area contributed by atoms with Crippen LogP contribution in [0.1, 0.15) is 51.4 Å². The van der Waals surface area contributed by atoms with Gasteiger partial charge in [0.25, 0.3) is 0 Å². The van der Waals surface area contributed by atoms with Gasteiger partial charge in [-0.05, 0) is 101 Å². The summed E-state index contributed by atoms with van der Waals surface area (Å²) >= 11 is 0. The van der Waals surface area contributed by atoms with E-state index < -0.39 is 44.4 Å². The summed E-state index contributed by atoms with van der Waals surface area (Å²) in [6, 6.07) is 71.4. The molecule has 1 aliphatic rings. The van der Waals surface area contributed by atoms with E-state index in [1.807, 2.05) is 0 Å². The van der Waals surface area contributed by atoms with E-state index in [0.29, 0.717) is 0 Å². The van der Waals surface area contributed by atoms with Gasteiger partial charge in [-0.3, -0.25) is 0 Å². The van der Waals surface area contributed by atoms with Crippen LogP contribution in [0, 0.1) is 0 Å². The Labute approximate surface area is 320 Å². The van der Waals surface area contributed by atoms with Crippen LogP contribution in [0.4, 0.5) is 0 Å². The second kappa shape index (κ2) is 20.5. The second-order valence-electron chi connectivity index (χ2n) is 13.2. The van der Waals surface area contributed by atoms with E-state index in [-0.39, 0.29) is 0 Å². The second-order valence-corrected chi connectivity index (χ2v) is 37.4. The van der Waals surface area contributed by atoms with Crippen molar-refractivity contribution in [3.8, 4) is 0 Å². The van der Waals surface area contributed by atoms with Crippen LogP contribution in [-0.2, 0) is 0 Å². The Balaban J connectivity index is 1.54. The minimum absolute atomic E-state index is 0.436. The highest BCUT2D eigenvalue weighted by atomic mass is 32.8. The lowest BCUT2D eigenvalue weighted by molar-refractivity contribution is 0.587. The molecule has 6 aromatic carbocycles. The maximum absolute atomic E-state index is 2.53. The molecule has 0 nitrogen and oxygen atoms in total. The Morgan fingerprint density at radius 2 is 0.423 bits per heavy atom. The molecule has 1 heterocycles. The van der Waals surface area contributed by atoms with Crippen molar-refractivity contribution in [3.05, 3.63) is 182 Å². The van der Waals surface area contributed by atoms with Crippen molar-refractivity contribution < 1.29 is 0 Å². The molecule has 1 fully saturated rings. The quantitative estimate of drug-likeness (QED) is 0.148.